The van der Waals surface area contributed by atoms with Gasteiger partial charge in [0, 0.05) is 24.2 Å². The van der Waals surface area contributed by atoms with Gasteiger partial charge in [0.2, 0.25) is 0 Å². The van der Waals surface area contributed by atoms with Crippen LogP contribution in [0.4, 0.5) is 0 Å². The first-order chi connectivity index (χ1) is 7.20. The Bertz CT molecular complexity index is 205. The first-order valence-corrected chi connectivity index (χ1v) is 6.37. The summed E-state index contributed by atoms with van der Waals surface area (Å²) >= 11 is 0. The highest BCUT2D eigenvalue weighted by molar-refractivity contribution is 4.97. The molecule has 96 valence electrons. The van der Waals surface area contributed by atoms with Gasteiger partial charge < -0.3 is 10.2 Å². The van der Waals surface area contributed by atoms with Crippen LogP contribution in [-0.4, -0.2) is 61.2 Å². The van der Waals surface area contributed by atoms with E-state index in [1.54, 1.807) is 0 Å². The van der Waals surface area contributed by atoms with Gasteiger partial charge in [-0.25, -0.2) is 0 Å². The normalized spacial score (nSPS) is 24.9. The van der Waals surface area contributed by atoms with E-state index < -0.39 is 0 Å². The van der Waals surface area contributed by atoms with Crippen molar-refractivity contribution in [1.82, 2.24) is 15.1 Å². The van der Waals surface area contributed by atoms with E-state index in [2.05, 4.69) is 56.9 Å². The lowest BCUT2D eigenvalue weighted by Crippen LogP contribution is -2.66. The van der Waals surface area contributed by atoms with Crippen molar-refractivity contribution in [3.8, 4) is 0 Å². The predicted octanol–water partition coefficient (Wildman–Crippen LogP) is 1.40. The number of hydrogen-bond acceptors (Lipinski definition) is 3. The molecule has 0 radical (unpaired) electrons. The molecule has 1 saturated heterocycles. The van der Waals surface area contributed by atoms with E-state index in [1.165, 1.54) is 19.5 Å². The second-order valence-corrected chi connectivity index (χ2v) is 6.76. The molecule has 0 aromatic heterocycles. The first-order valence-electron chi connectivity index (χ1n) is 6.37. The molecule has 0 aromatic rings. The summed E-state index contributed by atoms with van der Waals surface area (Å²) in [6.45, 7) is 13.9. The van der Waals surface area contributed by atoms with Crippen LogP contribution in [0.15, 0.2) is 0 Å². The second-order valence-electron chi connectivity index (χ2n) is 6.76. The Hall–Kier alpha value is -0.120. The van der Waals surface area contributed by atoms with Gasteiger partial charge in [0.05, 0.1) is 0 Å². The van der Waals surface area contributed by atoms with Crippen LogP contribution in [0, 0.1) is 0 Å². The number of rotatable bonds is 4. The standard InChI is InChI=1S/C13H29N3/c1-12(2)10-16(9-7-8-15(5)6)11-13(3,4)14-12/h14H,7-11H2,1-6H3. The van der Waals surface area contributed by atoms with Crippen molar-refractivity contribution >= 4 is 0 Å². The summed E-state index contributed by atoms with van der Waals surface area (Å²) in [6.07, 6.45) is 1.26. The van der Waals surface area contributed by atoms with Crippen LogP contribution in [0.3, 0.4) is 0 Å². The molecule has 1 aliphatic heterocycles. The lowest BCUT2D eigenvalue weighted by Gasteiger charge is -2.48. The van der Waals surface area contributed by atoms with Crippen molar-refractivity contribution in [3.05, 3.63) is 0 Å². The van der Waals surface area contributed by atoms with Crippen molar-refractivity contribution in [1.29, 1.82) is 0 Å². The number of piperazine rings is 1. The molecule has 0 spiro atoms. The zero-order valence-corrected chi connectivity index (χ0v) is 11.9. The van der Waals surface area contributed by atoms with Crippen LogP contribution < -0.4 is 5.32 Å². The minimum absolute atomic E-state index is 0.236. The molecule has 16 heavy (non-hydrogen) atoms. The van der Waals surface area contributed by atoms with Crippen LogP contribution in [0.5, 0.6) is 0 Å². The molecule has 1 N–H and O–H groups in total. The van der Waals surface area contributed by atoms with Gasteiger partial charge in [-0.3, -0.25) is 4.90 Å². The van der Waals surface area contributed by atoms with Gasteiger partial charge >= 0.3 is 0 Å². The average molecular weight is 227 g/mol. The summed E-state index contributed by atoms with van der Waals surface area (Å²) in [6, 6.07) is 0. The van der Waals surface area contributed by atoms with Gasteiger partial charge in [-0.1, -0.05) is 0 Å². The molecule has 1 rings (SSSR count). The molecular weight excluding hydrogens is 198 g/mol. The summed E-state index contributed by atoms with van der Waals surface area (Å²) in [5, 5.41) is 3.71. The molecule has 0 atom stereocenters. The number of nitrogens with one attached hydrogen (secondary N) is 1. The van der Waals surface area contributed by atoms with Gasteiger partial charge in [0.25, 0.3) is 0 Å². The van der Waals surface area contributed by atoms with E-state index >= 15 is 0 Å². The van der Waals surface area contributed by atoms with Gasteiger partial charge in [-0.15, -0.1) is 0 Å². The zero-order valence-electron chi connectivity index (χ0n) is 11.9. The zero-order chi connectivity index (χ0) is 12.4. The summed E-state index contributed by atoms with van der Waals surface area (Å²) in [5.74, 6) is 0. The van der Waals surface area contributed by atoms with Gasteiger partial charge in [-0.05, 0) is 61.3 Å². The molecule has 0 aliphatic carbocycles. The molecular formula is C13H29N3. The van der Waals surface area contributed by atoms with E-state index in [1.807, 2.05) is 0 Å². The summed E-state index contributed by atoms with van der Waals surface area (Å²) in [7, 11) is 4.29. The molecule has 0 unspecified atom stereocenters. The molecule has 1 heterocycles. The lowest BCUT2D eigenvalue weighted by atomic mass is 9.91. The summed E-state index contributed by atoms with van der Waals surface area (Å²) in [4.78, 5) is 4.86. The van der Waals surface area contributed by atoms with E-state index in [-0.39, 0.29) is 11.1 Å². The maximum atomic E-state index is 3.71. The first kappa shape index (κ1) is 13.9. The van der Waals surface area contributed by atoms with Gasteiger partial charge in [-0.2, -0.15) is 0 Å². The Morgan fingerprint density at radius 2 is 1.56 bits per heavy atom. The minimum atomic E-state index is 0.236. The third-order valence-corrected chi connectivity index (χ3v) is 2.99. The summed E-state index contributed by atoms with van der Waals surface area (Å²) < 4.78 is 0. The average Bonchev–Trinajstić information content (AvgIpc) is 1.96. The largest absolute Gasteiger partial charge is 0.309 e. The number of nitrogens with zero attached hydrogens (tertiary/aromatic N) is 2. The molecule has 0 amide bonds. The Morgan fingerprint density at radius 1 is 1.06 bits per heavy atom. The third kappa shape index (κ3) is 4.81. The molecule has 3 heteroatoms. The topological polar surface area (TPSA) is 18.5 Å². The van der Waals surface area contributed by atoms with Crippen LogP contribution in [-0.2, 0) is 0 Å². The van der Waals surface area contributed by atoms with Gasteiger partial charge in [0.1, 0.15) is 0 Å². The van der Waals surface area contributed by atoms with Crippen molar-refractivity contribution in [2.45, 2.75) is 45.2 Å². The quantitative estimate of drug-likeness (QED) is 0.783. The van der Waals surface area contributed by atoms with Crippen LogP contribution >= 0.6 is 0 Å². The van der Waals surface area contributed by atoms with Crippen LogP contribution in [0.1, 0.15) is 34.1 Å². The van der Waals surface area contributed by atoms with Crippen LogP contribution in [0.2, 0.25) is 0 Å². The van der Waals surface area contributed by atoms with E-state index in [4.69, 9.17) is 0 Å². The van der Waals surface area contributed by atoms with E-state index in [0.717, 1.165) is 13.1 Å². The smallest absolute Gasteiger partial charge is 0.0257 e. The number of hydrogen-bond donors (Lipinski definition) is 1. The highest BCUT2D eigenvalue weighted by Crippen LogP contribution is 2.20. The highest BCUT2D eigenvalue weighted by Gasteiger charge is 2.35. The molecule has 1 aliphatic rings. The second kappa shape index (κ2) is 5.03. The van der Waals surface area contributed by atoms with Crippen molar-refractivity contribution < 1.29 is 0 Å². The monoisotopic (exact) mass is 227 g/mol. The van der Waals surface area contributed by atoms with Gasteiger partial charge in [0.15, 0.2) is 0 Å². The maximum Gasteiger partial charge on any atom is 0.0257 e. The maximum absolute atomic E-state index is 3.71. The molecule has 3 nitrogen and oxygen atoms in total. The Labute approximate surface area is 101 Å². The fourth-order valence-electron chi connectivity index (χ4n) is 2.94. The summed E-state index contributed by atoms with van der Waals surface area (Å²) in [5.41, 5.74) is 0.472. The van der Waals surface area contributed by atoms with Crippen molar-refractivity contribution in [2.24, 2.45) is 0 Å². The molecule has 0 aromatic carbocycles. The fourth-order valence-corrected chi connectivity index (χ4v) is 2.94. The fraction of sp³-hybridized carbons (Fsp3) is 1.00. The predicted molar refractivity (Wildman–Crippen MR) is 70.9 cm³/mol. The van der Waals surface area contributed by atoms with Crippen molar-refractivity contribution in [3.63, 3.8) is 0 Å². The molecule has 1 fully saturated rings. The van der Waals surface area contributed by atoms with Crippen LogP contribution in [0.25, 0.3) is 0 Å². The van der Waals surface area contributed by atoms with E-state index in [0.29, 0.717) is 0 Å². The van der Waals surface area contributed by atoms with E-state index in [9.17, 15) is 0 Å². The lowest BCUT2D eigenvalue weighted by molar-refractivity contribution is 0.0759. The highest BCUT2D eigenvalue weighted by atomic mass is 15.3. The van der Waals surface area contributed by atoms with Crippen molar-refractivity contribution in [2.75, 3.05) is 40.3 Å². The minimum Gasteiger partial charge on any atom is -0.309 e. The Kier molecular flexibility index (Phi) is 4.38. The Balaban J connectivity index is 2.42. The SMILES string of the molecule is CN(C)CCCN1CC(C)(C)NC(C)(C)C1. The third-order valence-electron chi connectivity index (χ3n) is 2.99. The Morgan fingerprint density at radius 3 is 2.00 bits per heavy atom. The molecule has 0 saturated carbocycles. The molecule has 0 bridgehead atoms.